The summed E-state index contributed by atoms with van der Waals surface area (Å²) < 4.78 is 0. The Labute approximate surface area is 367 Å². The number of hydrogen-bond donors (Lipinski definition) is 10. The summed E-state index contributed by atoms with van der Waals surface area (Å²) in [7, 11) is 0. The van der Waals surface area contributed by atoms with Gasteiger partial charge in [0.25, 0.3) is 11.8 Å². The number of aliphatic hydroxyl groups is 2. The molecule has 0 spiro atoms. The summed E-state index contributed by atoms with van der Waals surface area (Å²) in [6, 6.07) is 15.2. The number of aromatic hydroxyl groups is 2. The Kier molecular flexibility index (Phi) is 12.8. The first-order valence-electron chi connectivity index (χ1n) is 20.1. The smallest absolute Gasteiger partial charge is 0.322 e. The molecule has 16 heteroatoms. The van der Waals surface area contributed by atoms with Gasteiger partial charge in [-0.15, -0.1) is 0 Å². The first-order chi connectivity index (χ1) is 30.2. The number of carbonyl (C=O) groups excluding carboxylic acids is 4. The van der Waals surface area contributed by atoms with Crippen LogP contribution in [0.2, 0.25) is 0 Å². The van der Waals surface area contributed by atoms with E-state index in [0.717, 1.165) is 0 Å². The number of ketones is 2. The number of anilines is 2. The van der Waals surface area contributed by atoms with Crippen molar-refractivity contribution in [1.29, 1.82) is 0 Å². The van der Waals surface area contributed by atoms with Gasteiger partial charge in [0.2, 0.25) is 11.6 Å². The molecule has 0 saturated heterocycles. The van der Waals surface area contributed by atoms with Crippen molar-refractivity contribution >= 4 is 69.0 Å². The topological polar surface area (TPSA) is 272 Å². The van der Waals surface area contributed by atoms with E-state index in [9.17, 15) is 49.2 Å². The summed E-state index contributed by atoms with van der Waals surface area (Å²) in [5.41, 5.74) is 3.41. The number of aryl methyl sites for hydroxylation is 2. The zero-order valence-corrected chi connectivity index (χ0v) is 35.6. The molecule has 330 valence electrons. The molecule has 0 saturated carbocycles. The van der Waals surface area contributed by atoms with Crippen molar-refractivity contribution in [2.75, 3.05) is 23.7 Å². The lowest BCUT2D eigenvalue weighted by Crippen LogP contribution is -2.29. The monoisotopic (exact) mass is 870 g/mol. The summed E-state index contributed by atoms with van der Waals surface area (Å²) in [6.45, 7) is 9.38. The number of carboxylic acids is 2. The molecule has 0 aliphatic heterocycles. The first-order valence-corrected chi connectivity index (χ1v) is 20.1. The van der Waals surface area contributed by atoms with Gasteiger partial charge in [-0.2, -0.15) is 0 Å². The Morgan fingerprint density at radius 2 is 0.875 bits per heavy atom. The molecule has 4 aromatic rings. The number of amides is 2. The van der Waals surface area contributed by atoms with Crippen molar-refractivity contribution in [3.8, 4) is 22.6 Å². The summed E-state index contributed by atoms with van der Waals surface area (Å²) in [5, 5.41) is 75.8. The molecule has 2 aliphatic carbocycles. The van der Waals surface area contributed by atoms with Gasteiger partial charge in [-0.1, -0.05) is 39.8 Å². The van der Waals surface area contributed by atoms with E-state index in [0.29, 0.717) is 33.6 Å². The second-order valence-corrected chi connectivity index (χ2v) is 15.9. The fourth-order valence-corrected chi connectivity index (χ4v) is 7.89. The molecule has 6 rings (SSSR count). The lowest BCUT2D eigenvalue weighted by molar-refractivity contribution is -0.136. The van der Waals surface area contributed by atoms with E-state index in [-0.39, 0.29) is 67.5 Å². The van der Waals surface area contributed by atoms with E-state index in [1.54, 1.807) is 53.7 Å². The van der Waals surface area contributed by atoms with Gasteiger partial charge in [0.05, 0.1) is 11.1 Å². The van der Waals surface area contributed by atoms with Crippen molar-refractivity contribution in [1.82, 2.24) is 10.6 Å². The Balaban J connectivity index is 1.48. The number of benzene rings is 4. The van der Waals surface area contributed by atoms with Gasteiger partial charge in [0, 0.05) is 68.3 Å². The molecule has 2 amide bonds. The Bertz CT molecular complexity index is 2600. The van der Waals surface area contributed by atoms with Crippen LogP contribution in [-0.4, -0.2) is 79.0 Å². The van der Waals surface area contributed by atoms with Gasteiger partial charge in [-0.25, -0.2) is 0 Å². The molecular weight excluding hydrogens is 825 g/mol. The van der Waals surface area contributed by atoms with Gasteiger partial charge in [0.1, 0.15) is 24.6 Å². The predicted octanol–water partition coefficient (Wildman–Crippen LogP) is 6.93. The number of phenols is 2. The summed E-state index contributed by atoms with van der Waals surface area (Å²) in [5.74, 6) is -7.88. The minimum Gasteiger partial charge on any atom is -0.507 e. The number of allylic oxidation sites excluding steroid dienone is 4. The van der Waals surface area contributed by atoms with Crippen molar-refractivity contribution in [2.45, 2.75) is 41.5 Å². The van der Waals surface area contributed by atoms with Crippen LogP contribution in [0, 0.1) is 25.7 Å². The molecule has 0 radical (unpaired) electrons. The highest BCUT2D eigenvalue weighted by Crippen LogP contribution is 2.53. The normalized spacial score (nSPS) is 14.8. The van der Waals surface area contributed by atoms with Crippen molar-refractivity contribution < 1.29 is 59.4 Å². The number of carbonyl (C=O) groups is 6. The van der Waals surface area contributed by atoms with Crippen LogP contribution in [0.5, 0.6) is 11.5 Å². The van der Waals surface area contributed by atoms with Gasteiger partial charge in [-0.3, -0.25) is 28.8 Å². The average molecular weight is 871 g/mol. The third kappa shape index (κ3) is 8.66. The second-order valence-electron chi connectivity index (χ2n) is 15.9. The molecule has 0 aromatic heterocycles. The summed E-state index contributed by atoms with van der Waals surface area (Å²) >= 11 is 0. The molecule has 16 nitrogen and oxygen atoms in total. The van der Waals surface area contributed by atoms with Crippen molar-refractivity contribution in [3.05, 3.63) is 129 Å². The predicted molar refractivity (Wildman–Crippen MR) is 239 cm³/mol. The highest BCUT2D eigenvalue weighted by molar-refractivity contribution is 6.35. The minimum atomic E-state index is -1.21. The van der Waals surface area contributed by atoms with Gasteiger partial charge in [0.15, 0.2) is 11.5 Å². The van der Waals surface area contributed by atoms with Gasteiger partial charge >= 0.3 is 11.9 Å². The maximum atomic E-state index is 14.0. The number of hydrogen-bond acceptors (Lipinski definition) is 12. The zero-order valence-electron chi connectivity index (χ0n) is 35.6. The molecule has 10 N–H and O–H groups in total. The van der Waals surface area contributed by atoms with Crippen LogP contribution in [0.1, 0.15) is 81.8 Å². The van der Waals surface area contributed by atoms with E-state index in [1.165, 1.54) is 60.9 Å². The van der Waals surface area contributed by atoms with Crippen LogP contribution in [0.4, 0.5) is 11.4 Å². The third-order valence-corrected chi connectivity index (χ3v) is 10.8. The van der Waals surface area contributed by atoms with E-state index >= 15 is 0 Å². The maximum Gasteiger partial charge on any atom is 0.322 e. The standard InChI is InChI=1S/C48H46N4O12/c1-21(2)35-29-15-23(5)37(43(59)39(29)31(41(57)45(35)61)17-49-27-11-7-25(8-12-27)47(63)51-19-33(53)54)38-24(6)16-30-36(22(3)4)46(62)42(58)32(40(30)44(38)60)18-50-28-13-9-26(10-14-28)48(64)52-20-34(55)56/h7-18,21-22,49-50,59-62H,19-20H2,1-6H3,(H,51,63)(H,52,64)(H,53,54)(H,55,56)/b31-17-,32-18-. The summed E-state index contributed by atoms with van der Waals surface area (Å²) in [4.78, 5) is 74.5. The number of phenolic OH excluding ortho intramolecular Hbond substituents is 2. The highest BCUT2D eigenvalue weighted by Gasteiger charge is 2.38. The van der Waals surface area contributed by atoms with Crippen LogP contribution in [0.15, 0.2) is 84.6 Å². The molecule has 4 aromatic carbocycles. The molecule has 0 fully saturated rings. The van der Waals surface area contributed by atoms with E-state index < -0.39 is 71.4 Å². The number of carboxylic acid groups (broad SMARTS) is 2. The molecule has 0 bridgehead atoms. The highest BCUT2D eigenvalue weighted by atomic mass is 16.4. The Morgan fingerprint density at radius 3 is 1.17 bits per heavy atom. The molecular formula is C48H46N4O12. The minimum absolute atomic E-state index is 0.0507. The molecule has 0 unspecified atom stereocenters. The lowest BCUT2D eigenvalue weighted by Gasteiger charge is -2.29. The maximum absolute atomic E-state index is 14.0. The van der Waals surface area contributed by atoms with Gasteiger partial charge < -0.3 is 51.9 Å². The van der Waals surface area contributed by atoms with E-state index in [2.05, 4.69) is 21.3 Å². The van der Waals surface area contributed by atoms with Crippen molar-refractivity contribution in [3.63, 3.8) is 0 Å². The number of fused-ring (bicyclic) bond motifs is 2. The Hall–Kier alpha value is -8.14. The quantitative estimate of drug-likeness (QED) is 0.0611. The van der Waals surface area contributed by atoms with E-state index in [4.69, 9.17) is 10.2 Å². The van der Waals surface area contributed by atoms with Crippen molar-refractivity contribution in [2.24, 2.45) is 11.8 Å². The lowest BCUT2D eigenvalue weighted by atomic mass is 9.75. The molecule has 0 heterocycles. The average Bonchev–Trinajstić information content (AvgIpc) is 3.23. The van der Waals surface area contributed by atoms with Crippen LogP contribution in [-0.2, 0) is 19.2 Å². The molecule has 0 atom stereocenters. The largest absolute Gasteiger partial charge is 0.507 e. The Morgan fingerprint density at radius 1 is 0.547 bits per heavy atom. The number of aliphatic hydroxyl groups excluding tert-OH is 2. The molecule has 2 aliphatic rings. The number of rotatable bonds is 13. The zero-order chi connectivity index (χ0) is 46.9. The molecule has 64 heavy (non-hydrogen) atoms. The summed E-state index contributed by atoms with van der Waals surface area (Å²) in [6.07, 6.45) is 2.60. The first kappa shape index (κ1) is 45.4. The van der Waals surface area contributed by atoms with Crippen LogP contribution in [0.25, 0.3) is 33.4 Å². The number of Topliss-reactive ketones (excluding diaryl/α,β-unsaturated/α-hetero) is 2. The van der Waals surface area contributed by atoms with Crippen LogP contribution < -0.4 is 21.3 Å². The second kappa shape index (κ2) is 18.1. The fourth-order valence-electron chi connectivity index (χ4n) is 7.89. The number of nitrogens with one attached hydrogen (secondary N) is 4. The SMILES string of the molecule is Cc1cc2c(c(O)c1-c1c(C)cc3c(c1O)/C(=C/Nc1ccc(C(=O)NCC(=O)O)cc1)C(=O)C(O)=C3C(C)C)/C(=C/Nc1ccc(C(=O)NCC(=O)O)cc1)C(=O)C(O)=C2C(C)C. The van der Waals surface area contributed by atoms with Crippen LogP contribution >= 0.6 is 0 Å². The van der Waals surface area contributed by atoms with Gasteiger partial charge in [-0.05, 0) is 96.5 Å². The van der Waals surface area contributed by atoms with Crippen LogP contribution in [0.3, 0.4) is 0 Å². The van der Waals surface area contributed by atoms with E-state index in [1.807, 2.05) is 0 Å². The number of aliphatic carboxylic acids is 2. The third-order valence-electron chi connectivity index (χ3n) is 10.8. The fraction of sp³-hybridized carbons (Fsp3) is 0.208.